The molecule has 1 atom stereocenters. The summed E-state index contributed by atoms with van der Waals surface area (Å²) in [6.45, 7) is 4.48. The van der Waals surface area contributed by atoms with Crippen LogP contribution >= 0.6 is 11.6 Å². The third-order valence-corrected chi connectivity index (χ3v) is 3.08. The highest BCUT2D eigenvalue weighted by atomic mass is 35.5. The summed E-state index contributed by atoms with van der Waals surface area (Å²) < 4.78 is 5.03. The number of rotatable bonds is 5. The number of hydrogen-bond acceptors (Lipinski definition) is 2. The van der Waals surface area contributed by atoms with Crippen molar-refractivity contribution in [1.29, 1.82) is 0 Å². The van der Waals surface area contributed by atoms with Gasteiger partial charge in [0.15, 0.2) is 0 Å². The maximum Gasteiger partial charge on any atom is 0.0474 e. The first-order chi connectivity index (χ1) is 6.36. The molecular formula is C10H20ClNO. The van der Waals surface area contributed by atoms with E-state index in [0.717, 1.165) is 24.8 Å². The molecule has 0 aromatic heterocycles. The summed E-state index contributed by atoms with van der Waals surface area (Å²) in [5.74, 6) is 1.54. The molecule has 1 aliphatic heterocycles. The first-order valence-electron chi connectivity index (χ1n) is 5.14. The van der Waals surface area contributed by atoms with Gasteiger partial charge in [-0.1, -0.05) is 0 Å². The molecule has 13 heavy (non-hydrogen) atoms. The van der Waals surface area contributed by atoms with Crippen molar-refractivity contribution < 1.29 is 4.74 Å². The number of halogens is 1. The molecule has 1 aliphatic rings. The fraction of sp³-hybridized carbons (Fsp3) is 1.00. The van der Waals surface area contributed by atoms with E-state index in [1.165, 1.54) is 32.5 Å². The van der Waals surface area contributed by atoms with Gasteiger partial charge in [0.1, 0.15) is 0 Å². The lowest BCUT2D eigenvalue weighted by Crippen LogP contribution is -2.36. The van der Waals surface area contributed by atoms with Crippen LogP contribution < -0.4 is 0 Å². The molecule has 3 heteroatoms. The normalized spacial score (nSPS) is 24.9. The Morgan fingerprint density at radius 3 is 3.08 bits per heavy atom. The number of ether oxygens (including phenoxy) is 1. The number of piperidine rings is 1. The summed E-state index contributed by atoms with van der Waals surface area (Å²) in [5.41, 5.74) is 0. The van der Waals surface area contributed by atoms with Crippen LogP contribution in [0.1, 0.15) is 19.3 Å². The second-order valence-electron chi connectivity index (χ2n) is 3.81. The van der Waals surface area contributed by atoms with Crippen LogP contribution in [0.5, 0.6) is 0 Å². The van der Waals surface area contributed by atoms with Crippen molar-refractivity contribution in [2.75, 3.05) is 39.2 Å². The van der Waals surface area contributed by atoms with Crippen molar-refractivity contribution in [3.05, 3.63) is 0 Å². The van der Waals surface area contributed by atoms with E-state index in [4.69, 9.17) is 16.3 Å². The van der Waals surface area contributed by atoms with E-state index >= 15 is 0 Å². The van der Waals surface area contributed by atoms with E-state index in [1.54, 1.807) is 7.11 Å². The quantitative estimate of drug-likeness (QED) is 0.503. The first kappa shape index (κ1) is 11.3. The minimum Gasteiger partial charge on any atom is -0.385 e. The summed E-state index contributed by atoms with van der Waals surface area (Å²) >= 11 is 5.86. The zero-order chi connectivity index (χ0) is 9.52. The van der Waals surface area contributed by atoms with Gasteiger partial charge in [-0.3, -0.25) is 0 Å². The molecule has 0 N–H and O–H groups in total. The molecule has 0 spiro atoms. The van der Waals surface area contributed by atoms with Gasteiger partial charge in [0, 0.05) is 32.7 Å². The van der Waals surface area contributed by atoms with Crippen LogP contribution in [-0.2, 0) is 4.74 Å². The van der Waals surface area contributed by atoms with Crippen molar-refractivity contribution in [3.8, 4) is 0 Å². The fourth-order valence-electron chi connectivity index (χ4n) is 1.91. The number of likely N-dealkylation sites (tertiary alicyclic amines) is 1. The Labute approximate surface area is 86.2 Å². The number of nitrogens with zero attached hydrogens (tertiary/aromatic N) is 1. The minimum atomic E-state index is 0.720. The lowest BCUT2D eigenvalue weighted by molar-refractivity contribution is 0.146. The molecule has 1 fully saturated rings. The molecule has 0 aromatic carbocycles. The Morgan fingerprint density at radius 1 is 1.54 bits per heavy atom. The highest BCUT2D eigenvalue weighted by molar-refractivity contribution is 6.18. The molecule has 0 aliphatic carbocycles. The molecule has 78 valence electrons. The molecular weight excluding hydrogens is 186 g/mol. The predicted molar refractivity (Wildman–Crippen MR) is 56.4 cm³/mol. The number of hydrogen-bond donors (Lipinski definition) is 0. The van der Waals surface area contributed by atoms with E-state index in [9.17, 15) is 0 Å². The molecule has 0 amide bonds. The second kappa shape index (κ2) is 6.63. The average molecular weight is 206 g/mol. The van der Waals surface area contributed by atoms with Gasteiger partial charge in [0.25, 0.3) is 0 Å². The van der Waals surface area contributed by atoms with Crippen LogP contribution in [0.25, 0.3) is 0 Å². The second-order valence-corrected chi connectivity index (χ2v) is 4.12. The van der Waals surface area contributed by atoms with Crippen molar-refractivity contribution >= 4 is 11.6 Å². The van der Waals surface area contributed by atoms with Crippen LogP contribution in [0.15, 0.2) is 0 Å². The number of methoxy groups -OCH3 is 1. The summed E-state index contributed by atoms with van der Waals surface area (Å²) in [6, 6.07) is 0. The summed E-state index contributed by atoms with van der Waals surface area (Å²) in [4.78, 5) is 2.51. The average Bonchev–Trinajstić information content (AvgIpc) is 2.19. The van der Waals surface area contributed by atoms with Crippen LogP contribution in [0.3, 0.4) is 0 Å². The van der Waals surface area contributed by atoms with Crippen LogP contribution in [0, 0.1) is 5.92 Å². The van der Waals surface area contributed by atoms with Crippen molar-refractivity contribution in [1.82, 2.24) is 4.90 Å². The maximum absolute atomic E-state index is 5.86. The molecule has 1 heterocycles. The lowest BCUT2D eigenvalue weighted by Gasteiger charge is -2.31. The summed E-state index contributed by atoms with van der Waals surface area (Å²) in [7, 11) is 1.76. The van der Waals surface area contributed by atoms with E-state index in [-0.39, 0.29) is 0 Å². The van der Waals surface area contributed by atoms with E-state index in [1.807, 2.05) is 0 Å². The summed E-state index contributed by atoms with van der Waals surface area (Å²) in [6.07, 6.45) is 3.76. The van der Waals surface area contributed by atoms with Crippen molar-refractivity contribution in [3.63, 3.8) is 0 Å². The molecule has 1 saturated heterocycles. The SMILES string of the molecule is COCCCN1CCCC(CCl)C1. The molecule has 1 unspecified atom stereocenters. The van der Waals surface area contributed by atoms with Crippen LogP contribution in [0.2, 0.25) is 0 Å². The zero-order valence-electron chi connectivity index (χ0n) is 8.47. The van der Waals surface area contributed by atoms with Gasteiger partial charge in [0.05, 0.1) is 0 Å². The van der Waals surface area contributed by atoms with Gasteiger partial charge in [-0.25, -0.2) is 0 Å². The van der Waals surface area contributed by atoms with Gasteiger partial charge >= 0.3 is 0 Å². The van der Waals surface area contributed by atoms with E-state index in [0.29, 0.717) is 0 Å². The molecule has 0 saturated carbocycles. The Kier molecular flexibility index (Phi) is 5.76. The predicted octanol–water partition coefficient (Wildman–Crippen LogP) is 1.97. The highest BCUT2D eigenvalue weighted by Gasteiger charge is 2.18. The molecule has 2 nitrogen and oxygen atoms in total. The monoisotopic (exact) mass is 205 g/mol. The van der Waals surface area contributed by atoms with Crippen molar-refractivity contribution in [2.24, 2.45) is 5.92 Å². The van der Waals surface area contributed by atoms with Gasteiger partial charge in [-0.05, 0) is 31.7 Å². The first-order valence-corrected chi connectivity index (χ1v) is 5.67. The Morgan fingerprint density at radius 2 is 2.38 bits per heavy atom. The molecule has 0 bridgehead atoms. The Bertz CT molecular complexity index is 132. The number of alkyl halides is 1. The third-order valence-electron chi connectivity index (χ3n) is 2.64. The topological polar surface area (TPSA) is 12.5 Å². The Balaban J connectivity index is 2.11. The molecule has 0 radical (unpaired) electrons. The Hall–Kier alpha value is 0.210. The fourth-order valence-corrected chi connectivity index (χ4v) is 2.16. The van der Waals surface area contributed by atoms with Crippen LogP contribution in [-0.4, -0.2) is 44.1 Å². The smallest absolute Gasteiger partial charge is 0.0474 e. The maximum atomic E-state index is 5.86. The third kappa shape index (κ3) is 4.30. The summed E-state index contributed by atoms with van der Waals surface area (Å²) in [5, 5.41) is 0. The van der Waals surface area contributed by atoms with Gasteiger partial charge < -0.3 is 9.64 Å². The standard InChI is InChI=1S/C10H20ClNO/c1-13-7-3-6-12-5-2-4-10(8-11)9-12/h10H,2-9H2,1H3. The lowest BCUT2D eigenvalue weighted by atomic mass is 10.00. The molecule has 0 aromatic rings. The van der Waals surface area contributed by atoms with Gasteiger partial charge in [0.2, 0.25) is 0 Å². The minimum absolute atomic E-state index is 0.720. The van der Waals surface area contributed by atoms with E-state index < -0.39 is 0 Å². The van der Waals surface area contributed by atoms with Gasteiger partial charge in [-0.15, -0.1) is 11.6 Å². The largest absolute Gasteiger partial charge is 0.385 e. The highest BCUT2D eigenvalue weighted by Crippen LogP contribution is 2.17. The van der Waals surface area contributed by atoms with E-state index in [2.05, 4.69) is 4.90 Å². The van der Waals surface area contributed by atoms with Crippen molar-refractivity contribution in [2.45, 2.75) is 19.3 Å². The van der Waals surface area contributed by atoms with Gasteiger partial charge in [-0.2, -0.15) is 0 Å². The zero-order valence-corrected chi connectivity index (χ0v) is 9.22. The van der Waals surface area contributed by atoms with Crippen LogP contribution in [0.4, 0.5) is 0 Å². The molecule has 1 rings (SSSR count).